The molecule has 112 valence electrons. The summed E-state index contributed by atoms with van der Waals surface area (Å²) in [5.41, 5.74) is 3.60. The third-order valence-electron chi connectivity index (χ3n) is 3.61. The van der Waals surface area contributed by atoms with Gasteiger partial charge in [0.2, 0.25) is 0 Å². The number of halogens is 2. The highest BCUT2D eigenvalue weighted by Crippen LogP contribution is 2.31. The van der Waals surface area contributed by atoms with Crippen LogP contribution in [0.2, 0.25) is 0 Å². The van der Waals surface area contributed by atoms with Crippen LogP contribution in [0.3, 0.4) is 0 Å². The second-order valence-corrected chi connectivity index (χ2v) is 6.52. The average molecular weight is 314 g/mol. The van der Waals surface area contributed by atoms with E-state index in [1.165, 1.54) is 28.1 Å². The Kier molecular flexibility index (Phi) is 4.34. The van der Waals surface area contributed by atoms with Crippen molar-refractivity contribution < 1.29 is 8.78 Å². The van der Waals surface area contributed by atoms with Crippen LogP contribution in [0.15, 0.2) is 60.7 Å². The molecule has 0 atom stereocenters. The quantitative estimate of drug-likeness (QED) is 0.534. The molecular weight excluding hydrogens is 298 g/mol. The fourth-order valence-corrected chi connectivity index (χ4v) is 3.38. The van der Waals surface area contributed by atoms with E-state index in [1.807, 2.05) is 0 Å². The van der Waals surface area contributed by atoms with Crippen molar-refractivity contribution in [2.75, 3.05) is 0 Å². The molecule has 0 fully saturated rings. The number of thiophene rings is 1. The van der Waals surface area contributed by atoms with E-state index in [9.17, 15) is 8.78 Å². The molecular formula is C19H16F2S. The smallest absolute Gasteiger partial charge is 0.205 e. The summed E-state index contributed by atoms with van der Waals surface area (Å²) in [6, 6.07) is 19.2. The first-order valence-corrected chi connectivity index (χ1v) is 7.96. The molecule has 0 nitrogen and oxygen atoms in total. The molecule has 0 aliphatic rings. The van der Waals surface area contributed by atoms with Gasteiger partial charge in [-0.1, -0.05) is 54.1 Å². The van der Waals surface area contributed by atoms with Crippen molar-refractivity contribution in [1.29, 1.82) is 0 Å². The van der Waals surface area contributed by atoms with E-state index in [0.29, 0.717) is 0 Å². The predicted molar refractivity (Wildman–Crippen MR) is 88.7 cm³/mol. The van der Waals surface area contributed by atoms with Crippen LogP contribution in [-0.4, -0.2) is 0 Å². The SMILES string of the molecule is Cc1ccc(Cc2ccc(-c3ccc(C(F)F)cc3)s2)cc1. The molecule has 0 unspecified atom stereocenters. The van der Waals surface area contributed by atoms with Crippen LogP contribution < -0.4 is 0 Å². The molecule has 0 bridgehead atoms. The first-order valence-electron chi connectivity index (χ1n) is 7.14. The molecule has 3 aromatic rings. The molecule has 3 rings (SSSR count). The zero-order valence-electron chi connectivity index (χ0n) is 12.2. The van der Waals surface area contributed by atoms with Crippen molar-refractivity contribution >= 4 is 11.3 Å². The summed E-state index contributed by atoms with van der Waals surface area (Å²) >= 11 is 1.71. The summed E-state index contributed by atoms with van der Waals surface area (Å²) in [5.74, 6) is 0. The second kappa shape index (κ2) is 6.41. The molecule has 0 amide bonds. The van der Waals surface area contributed by atoms with Crippen molar-refractivity contribution in [2.24, 2.45) is 0 Å². The van der Waals surface area contributed by atoms with Gasteiger partial charge in [0, 0.05) is 21.7 Å². The van der Waals surface area contributed by atoms with Gasteiger partial charge in [-0.25, -0.2) is 8.78 Å². The maximum atomic E-state index is 12.6. The topological polar surface area (TPSA) is 0 Å². The van der Waals surface area contributed by atoms with E-state index in [1.54, 1.807) is 23.5 Å². The van der Waals surface area contributed by atoms with Gasteiger partial charge in [0.1, 0.15) is 0 Å². The minimum absolute atomic E-state index is 0.0696. The maximum Gasteiger partial charge on any atom is 0.263 e. The lowest BCUT2D eigenvalue weighted by Crippen LogP contribution is -1.84. The molecule has 0 radical (unpaired) electrons. The van der Waals surface area contributed by atoms with Crippen molar-refractivity contribution in [3.63, 3.8) is 0 Å². The molecule has 1 heterocycles. The summed E-state index contributed by atoms with van der Waals surface area (Å²) in [7, 11) is 0. The van der Waals surface area contributed by atoms with Crippen molar-refractivity contribution in [3.8, 4) is 10.4 Å². The van der Waals surface area contributed by atoms with Crippen LogP contribution in [0.1, 0.15) is 28.0 Å². The lowest BCUT2D eigenvalue weighted by molar-refractivity contribution is 0.151. The highest BCUT2D eigenvalue weighted by Gasteiger charge is 2.08. The predicted octanol–water partition coefficient (Wildman–Crippen LogP) is 6.25. The van der Waals surface area contributed by atoms with Gasteiger partial charge in [0.15, 0.2) is 0 Å². The molecule has 0 saturated heterocycles. The van der Waals surface area contributed by atoms with E-state index in [4.69, 9.17) is 0 Å². The van der Waals surface area contributed by atoms with Gasteiger partial charge in [0.05, 0.1) is 0 Å². The number of hydrogen-bond donors (Lipinski definition) is 0. The molecule has 0 aliphatic heterocycles. The Labute approximate surface area is 133 Å². The molecule has 3 heteroatoms. The highest BCUT2D eigenvalue weighted by molar-refractivity contribution is 7.15. The minimum Gasteiger partial charge on any atom is -0.205 e. The highest BCUT2D eigenvalue weighted by atomic mass is 32.1. The number of benzene rings is 2. The summed E-state index contributed by atoms with van der Waals surface area (Å²) in [4.78, 5) is 2.39. The van der Waals surface area contributed by atoms with Gasteiger partial charge in [-0.2, -0.15) is 0 Å². The number of rotatable bonds is 4. The normalized spacial score (nSPS) is 11.1. The minimum atomic E-state index is -2.41. The lowest BCUT2D eigenvalue weighted by Gasteiger charge is -2.02. The first-order chi connectivity index (χ1) is 10.6. The van der Waals surface area contributed by atoms with Gasteiger partial charge in [0.25, 0.3) is 6.43 Å². The Hall–Kier alpha value is -2.00. The van der Waals surface area contributed by atoms with Crippen LogP contribution >= 0.6 is 11.3 Å². The van der Waals surface area contributed by atoms with Crippen LogP contribution in [0.25, 0.3) is 10.4 Å². The van der Waals surface area contributed by atoms with E-state index in [0.717, 1.165) is 16.9 Å². The van der Waals surface area contributed by atoms with Crippen LogP contribution in [0.4, 0.5) is 8.78 Å². The van der Waals surface area contributed by atoms with Crippen LogP contribution in [0, 0.1) is 6.92 Å². The van der Waals surface area contributed by atoms with E-state index in [-0.39, 0.29) is 5.56 Å². The molecule has 0 aliphatic carbocycles. The number of hydrogen-bond acceptors (Lipinski definition) is 1. The largest absolute Gasteiger partial charge is 0.263 e. The standard InChI is InChI=1S/C19H16F2S/c1-13-2-4-14(5-3-13)12-17-10-11-18(22-17)15-6-8-16(9-7-15)19(20)21/h2-11,19H,12H2,1H3. The Morgan fingerprint density at radius 3 is 2.18 bits per heavy atom. The van der Waals surface area contributed by atoms with Crippen LogP contribution in [-0.2, 0) is 6.42 Å². The monoisotopic (exact) mass is 314 g/mol. The molecule has 0 saturated carbocycles. The zero-order valence-corrected chi connectivity index (χ0v) is 13.0. The van der Waals surface area contributed by atoms with Gasteiger partial charge in [-0.05, 0) is 30.2 Å². The van der Waals surface area contributed by atoms with Crippen molar-refractivity contribution in [3.05, 3.63) is 82.2 Å². The zero-order chi connectivity index (χ0) is 15.5. The number of alkyl halides is 2. The molecule has 0 N–H and O–H groups in total. The van der Waals surface area contributed by atoms with Gasteiger partial charge >= 0.3 is 0 Å². The second-order valence-electron chi connectivity index (χ2n) is 5.35. The van der Waals surface area contributed by atoms with Gasteiger partial charge in [-0.3, -0.25) is 0 Å². The van der Waals surface area contributed by atoms with Crippen LogP contribution in [0.5, 0.6) is 0 Å². The van der Waals surface area contributed by atoms with Gasteiger partial charge in [-0.15, -0.1) is 11.3 Å². The summed E-state index contributed by atoms with van der Waals surface area (Å²) in [6.45, 7) is 2.08. The molecule has 1 aromatic heterocycles. The molecule has 0 spiro atoms. The third kappa shape index (κ3) is 3.42. The average Bonchev–Trinajstić information content (AvgIpc) is 2.98. The Bertz CT molecular complexity index is 740. The van der Waals surface area contributed by atoms with Crippen molar-refractivity contribution in [1.82, 2.24) is 0 Å². The van der Waals surface area contributed by atoms with E-state index in [2.05, 4.69) is 43.3 Å². The maximum absolute atomic E-state index is 12.6. The fourth-order valence-electron chi connectivity index (χ4n) is 2.33. The summed E-state index contributed by atoms with van der Waals surface area (Å²) in [5, 5.41) is 0. The Morgan fingerprint density at radius 2 is 1.55 bits per heavy atom. The fraction of sp³-hybridized carbons (Fsp3) is 0.158. The van der Waals surface area contributed by atoms with E-state index >= 15 is 0 Å². The number of aryl methyl sites for hydroxylation is 1. The Balaban J connectivity index is 1.77. The molecule has 22 heavy (non-hydrogen) atoms. The Morgan fingerprint density at radius 1 is 0.864 bits per heavy atom. The lowest BCUT2D eigenvalue weighted by atomic mass is 10.1. The third-order valence-corrected chi connectivity index (χ3v) is 4.74. The molecule has 2 aromatic carbocycles. The summed E-state index contributed by atoms with van der Waals surface area (Å²) in [6.07, 6.45) is -1.51. The first kappa shape index (κ1) is 14.9. The van der Waals surface area contributed by atoms with E-state index < -0.39 is 6.43 Å². The summed E-state index contributed by atoms with van der Waals surface area (Å²) < 4.78 is 25.2. The van der Waals surface area contributed by atoms with Gasteiger partial charge < -0.3 is 0 Å². The van der Waals surface area contributed by atoms with Crippen molar-refractivity contribution in [2.45, 2.75) is 19.8 Å².